The summed E-state index contributed by atoms with van der Waals surface area (Å²) < 4.78 is 113. The number of likely N-dealkylation sites (N-methyl/N-ethyl adjacent to an activating group) is 1. The van der Waals surface area contributed by atoms with Gasteiger partial charge in [0.2, 0.25) is 17.7 Å². The van der Waals surface area contributed by atoms with E-state index in [0.717, 1.165) is 20.8 Å². The number of hydrogen-bond donors (Lipinski definition) is 24. The number of carbonyl (C=O) groups excluding carboxylic acids is 3. The highest BCUT2D eigenvalue weighted by Gasteiger charge is 2.60. The van der Waals surface area contributed by atoms with Gasteiger partial charge >= 0.3 is 7.82 Å². The molecular formula is C59H104N4O42P+. The fourth-order valence-electron chi connectivity index (χ4n) is 13.0. The van der Waals surface area contributed by atoms with Crippen LogP contribution in [0.2, 0.25) is 0 Å². The van der Waals surface area contributed by atoms with Crippen LogP contribution in [0.1, 0.15) is 34.6 Å². The number of phosphoric ester groups is 1. The number of nitrogens with zero attached hydrogens (tertiary/aromatic N) is 1. The zero-order valence-electron chi connectivity index (χ0n) is 58.6. The van der Waals surface area contributed by atoms with E-state index in [4.69, 9.17) is 80.1 Å². The summed E-state index contributed by atoms with van der Waals surface area (Å²) >= 11 is 0. The van der Waals surface area contributed by atoms with E-state index in [9.17, 15) is 126 Å². The number of rotatable bonds is 29. The fourth-order valence-corrected chi connectivity index (χ4v) is 13.7. The summed E-state index contributed by atoms with van der Waals surface area (Å²) in [5, 5.41) is 230. The number of quaternary nitrogens is 1. The molecule has 8 fully saturated rings. The van der Waals surface area contributed by atoms with Gasteiger partial charge in [-0.2, -0.15) is 0 Å². The number of aliphatic hydroxyl groups is 20. The van der Waals surface area contributed by atoms with Crippen LogP contribution < -0.4 is 16.0 Å². The smallest absolute Gasteiger partial charge is 0.394 e. The van der Waals surface area contributed by atoms with E-state index in [1.165, 1.54) is 13.8 Å². The molecule has 0 saturated carbocycles. The highest BCUT2D eigenvalue weighted by molar-refractivity contribution is 7.47. The largest absolute Gasteiger partial charge is 0.472 e. The summed E-state index contributed by atoms with van der Waals surface area (Å²) in [6.45, 7) is -0.847. The Morgan fingerprint density at radius 1 is 0.358 bits per heavy atom. The first kappa shape index (κ1) is 88.6. The lowest BCUT2D eigenvalue weighted by molar-refractivity contribution is -0.870. The second kappa shape index (κ2) is 37.8. The Hall–Kier alpha value is -2.92. The Kier molecular flexibility index (Phi) is 31.6. The predicted molar refractivity (Wildman–Crippen MR) is 334 cm³/mol. The van der Waals surface area contributed by atoms with Crippen molar-refractivity contribution in [1.82, 2.24) is 16.0 Å². The molecule has 0 aliphatic carbocycles. The van der Waals surface area contributed by atoms with Gasteiger partial charge < -0.3 is 199 Å². The van der Waals surface area contributed by atoms with Crippen molar-refractivity contribution in [1.29, 1.82) is 0 Å². The van der Waals surface area contributed by atoms with Gasteiger partial charge in [-0.25, -0.2) is 4.57 Å². The summed E-state index contributed by atoms with van der Waals surface area (Å²) in [6, 6.07) is -5.60. The topological polar surface area (TPSA) is 686 Å². The van der Waals surface area contributed by atoms with E-state index in [0.29, 0.717) is 4.48 Å². The van der Waals surface area contributed by atoms with Crippen LogP contribution in [0.4, 0.5) is 0 Å². The number of amides is 3. The van der Waals surface area contributed by atoms with Crippen LogP contribution >= 0.6 is 7.82 Å². The van der Waals surface area contributed by atoms with Crippen LogP contribution in [-0.2, 0) is 99.0 Å². The zero-order chi connectivity index (χ0) is 78.6. The average molecular weight is 1570 g/mol. The van der Waals surface area contributed by atoms with E-state index < -0.39 is 311 Å². The zero-order valence-corrected chi connectivity index (χ0v) is 59.5. The second-order valence-corrected chi connectivity index (χ2v) is 29.5. The van der Waals surface area contributed by atoms with E-state index in [-0.39, 0.29) is 13.2 Å². The maximum Gasteiger partial charge on any atom is 0.472 e. The Balaban J connectivity index is 1.11. The minimum absolute atomic E-state index is 0.226. The molecule has 0 radical (unpaired) electrons. The van der Waals surface area contributed by atoms with Crippen molar-refractivity contribution in [3.63, 3.8) is 0 Å². The maximum absolute atomic E-state index is 13.3. The van der Waals surface area contributed by atoms with E-state index >= 15 is 0 Å². The van der Waals surface area contributed by atoms with Gasteiger partial charge in [0, 0.05) is 20.8 Å². The minimum Gasteiger partial charge on any atom is -0.394 e. The lowest BCUT2D eigenvalue weighted by Gasteiger charge is -2.51. The average Bonchev–Trinajstić information content (AvgIpc) is 0.767. The summed E-state index contributed by atoms with van der Waals surface area (Å²) in [7, 11) is 0.380. The van der Waals surface area contributed by atoms with Gasteiger partial charge in [-0.15, -0.1) is 0 Å². The first-order valence-corrected chi connectivity index (χ1v) is 35.5. The predicted octanol–water partition coefficient (Wildman–Crippen LogP) is -15.1. The molecule has 8 heterocycles. The molecule has 1 unspecified atom stereocenters. The van der Waals surface area contributed by atoms with Crippen LogP contribution in [0, 0.1) is 0 Å². The van der Waals surface area contributed by atoms with E-state index in [2.05, 4.69) is 16.0 Å². The van der Waals surface area contributed by atoms with Crippen LogP contribution in [0.15, 0.2) is 0 Å². The van der Waals surface area contributed by atoms with Crippen LogP contribution in [0.5, 0.6) is 0 Å². The van der Waals surface area contributed by atoms with E-state index in [1.807, 2.05) is 0 Å². The SMILES string of the molecule is CC(=O)N[C@@H]1[C@@H](O[C@@H]2O[C@@H](C)[C@@H](O)[C@@H](O)[C@@H]2O)[C@H](O[C@@H]2O[C@H](CO)[C@@H](O[C@@H]3O[C@H](CO[C@H]4O[C@H](CO)[C@@H](O)[C@H](O)[C@@H]4O[C@@H]4O[C@H](COP(=O)(O)OCC[N+](C)(C)C)[C@@H](O)[C@H](O)[C@H]4NC(C)=O)[C@@H](O)[C@H](O[C@H]4O[C@H](CO)[C@@H](O)[C@H](O)[C@@H]4O)[C@@H]3O)[C@H](O)[C@H]2NC(C)=O)[C@@H](CO[C@@H]2O[C@@H](C)[C@@H](O)[C@@H](O)[C@@H]2O)O[C@H]1O. The Bertz CT molecular complexity index is 2830. The number of nitrogens with one attached hydrogen (secondary N) is 3. The molecule has 616 valence electrons. The molecule has 46 nitrogen and oxygen atoms in total. The van der Waals surface area contributed by atoms with Gasteiger partial charge in [-0.3, -0.25) is 23.4 Å². The molecule has 106 heavy (non-hydrogen) atoms. The molecule has 8 saturated heterocycles. The van der Waals surface area contributed by atoms with Crippen molar-refractivity contribution in [3.05, 3.63) is 0 Å². The van der Waals surface area contributed by atoms with Crippen molar-refractivity contribution in [2.45, 2.75) is 280 Å². The molecule has 47 heteroatoms. The number of ether oxygens (including phenoxy) is 15. The third kappa shape index (κ3) is 21.1. The quantitative estimate of drug-likeness (QED) is 0.0244. The molecule has 24 N–H and O–H groups in total. The second-order valence-electron chi connectivity index (χ2n) is 28.1. The van der Waals surface area contributed by atoms with Gasteiger partial charge in [-0.1, -0.05) is 0 Å². The van der Waals surface area contributed by atoms with Crippen molar-refractivity contribution < 1.29 is 211 Å². The van der Waals surface area contributed by atoms with Crippen molar-refractivity contribution in [2.24, 2.45) is 0 Å². The molecule has 0 aromatic carbocycles. The first-order valence-electron chi connectivity index (χ1n) is 34.0. The summed E-state index contributed by atoms with van der Waals surface area (Å²) in [5.41, 5.74) is 0. The van der Waals surface area contributed by atoms with Crippen molar-refractivity contribution in [2.75, 3.05) is 73.9 Å². The summed E-state index contributed by atoms with van der Waals surface area (Å²) in [5.74, 6) is -2.70. The lowest BCUT2D eigenvalue weighted by Crippen LogP contribution is -2.71. The molecule has 8 aliphatic heterocycles. The molecular weight excluding hydrogens is 1470 g/mol. The number of hydrogen-bond acceptors (Lipinski definition) is 41. The standard InChI is InChI=1S/C59H103N4O42P/c1-17-31(70)39(78)43(82)55(93-17)89-15-27-48(49(30(52(86)95-27)62-21(5)69)103-56-44(83)40(79)32(71)18(2)94-56)102-54-29(61-20(4)68)38(77)47(24(13-66)98-54)101-58-46(85)50(104-57-45(84)41(80)33(72)22(11-64)96-57)36(75)25(100-58)14-90-59-51(42(81)34(73)23(12-65)97-59)105-53-28(60-19(3)67)37(76)35(74)26(99-53)16-92-106(87,88)91-10-9-63(6,7)8/h17-18,22-59,64-66,70-86H,9-16H2,1-8H3,(H3-,60,61,62,67,68,69,87,88)/p+1/t17-,18-,22+,23+,24+,25+,26+,27+,28+,29+,30+,31+,32+,33+,34+,35+,36+,37+,38+,39+,40+,41-,42-,43-,44-,45-,46-,47+,48+,49+,50-,51-,52+,53-,54-,55+,56-,57+,58-,59-/m0/s1. The summed E-state index contributed by atoms with van der Waals surface area (Å²) in [4.78, 5) is 49.2. The van der Waals surface area contributed by atoms with Gasteiger partial charge in [0.15, 0.2) is 50.3 Å². The van der Waals surface area contributed by atoms with Gasteiger partial charge in [-0.05, 0) is 13.8 Å². The molecule has 0 aromatic rings. The third-order valence-electron chi connectivity index (χ3n) is 19.0. The molecule has 8 rings (SSSR count). The molecule has 41 atom stereocenters. The van der Waals surface area contributed by atoms with Crippen molar-refractivity contribution in [3.8, 4) is 0 Å². The molecule has 3 amide bonds. The third-order valence-corrected chi connectivity index (χ3v) is 20.0. The molecule has 0 spiro atoms. The number of phosphoric acid groups is 1. The first-order chi connectivity index (χ1) is 49.6. The monoisotopic (exact) mass is 1570 g/mol. The highest BCUT2D eigenvalue weighted by Crippen LogP contribution is 2.45. The Morgan fingerprint density at radius 3 is 1.31 bits per heavy atom. The van der Waals surface area contributed by atoms with E-state index in [1.54, 1.807) is 21.1 Å². The highest BCUT2D eigenvalue weighted by atomic mass is 31.2. The fraction of sp³-hybridized carbons (Fsp3) is 0.949. The lowest BCUT2D eigenvalue weighted by atomic mass is 9.93. The molecule has 0 aromatic heterocycles. The van der Waals surface area contributed by atoms with Gasteiger partial charge in [0.1, 0.15) is 196 Å². The van der Waals surface area contributed by atoms with Crippen molar-refractivity contribution >= 4 is 25.5 Å². The summed E-state index contributed by atoms with van der Waals surface area (Å²) in [6.07, 6.45) is -73.8. The maximum atomic E-state index is 13.3. The van der Waals surface area contributed by atoms with Crippen LogP contribution in [-0.4, -0.2) is 449 Å². The number of carbonyl (C=O) groups is 3. The molecule has 8 aliphatic rings. The van der Waals surface area contributed by atoms with Gasteiger partial charge in [0.05, 0.1) is 73.0 Å². The van der Waals surface area contributed by atoms with Crippen LogP contribution in [0.3, 0.4) is 0 Å². The van der Waals surface area contributed by atoms with Gasteiger partial charge in [0.25, 0.3) is 0 Å². The Labute approximate surface area is 604 Å². The number of aliphatic hydroxyl groups excluding tert-OH is 20. The van der Waals surface area contributed by atoms with Crippen LogP contribution in [0.25, 0.3) is 0 Å². The minimum atomic E-state index is -4.92. The Morgan fingerprint density at radius 2 is 0.755 bits per heavy atom. The normalized spacial score (nSPS) is 47.5. The molecule has 0 bridgehead atoms.